The summed E-state index contributed by atoms with van der Waals surface area (Å²) in [4.78, 5) is 0. The molecule has 84 valence electrons. The summed E-state index contributed by atoms with van der Waals surface area (Å²) < 4.78 is 15.1. The highest BCUT2D eigenvalue weighted by Crippen LogP contribution is 2.13. The van der Waals surface area contributed by atoms with Gasteiger partial charge in [0.05, 0.1) is 11.9 Å². The van der Waals surface area contributed by atoms with Crippen LogP contribution >= 0.6 is 0 Å². The number of hydrogen-bond donors (Lipinski definition) is 1. The van der Waals surface area contributed by atoms with Gasteiger partial charge in [0.2, 0.25) is 0 Å². The minimum Gasteiger partial charge on any atom is -0.311 e. The van der Waals surface area contributed by atoms with Crippen LogP contribution in [0.2, 0.25) is 0 Å². The Balaban J connectivity index is 2.33. The van der Waals surface area contributed by atoms with Gasteiger partial charge in [-0.1, -0.05) is 24.3 Å². The number of hydrogen-bond acceptors (Lipinski definition) is 3. The average molecular weight is 220 g/mol. The van der Waals surface area contributed by atoms with Crippen molar-refractivity contribution in [2.45, 2.75) is 13.5 Å². The average Bonchev–Trinajstić information content (AvgIpc) is 2.75. The summed E-state index contributed by atoms with van der Waals surface area (Å²) in [6.07, 6.45) is 1.63. The molecule has 0 fully saturated rings. The molecule has 0 bridgehead atoms. The van der Waals surface area contributed by atoms with E-state index in [9.17, 15) is 4.39 Å². The van der Waals surface area contributed by atoms with Crippen molar-refractivity contribution in [1.29, 1.82) is 0 Å². The number of aromatic nitrogens is 3. The third-order valence-corrected chi connectivity index (χ3v) is 2.26. The molecule has 1 N–H and O–H groups in total. The number of para-hydroxylation sites is 1. The van der Waals surface area contributed by atoms with Gasteiger partial charge in [-0.05, 0) is 18.7 Å². The van der Waals surface area contributed by atoms with Gasteiger partial charge >= 0.3 is 0 Å². The molecule has 0 saturated heterocycles. The maximum Gasteiger partial charge on any atom is 0.148 e. The van der Waals surface area contributed by atoms with Crippen LogP contribution in [0.3, 0.4) is 0 Å². The summed E-state index contributed by atoms with van der Waals surface area (Å²) in [5.41, 5.74) is 1.26. The number of benzene rings is 1. The Morgan fingerprint density at radius 3 is 2.94 bits per heavy atom. The van der Waals surface area contributed by atoms with Gasteiger partial charge in [0.1, 0.15) is 11.5 Å². The smallest absolute Gasteiger partial charge is 0.148 e. The van der Waals surface area contributed by atoms with Crippen molar-refractivity contribution < 1.29 is 4.39 Å². The molecule has 5 heteroatoms. The van der Waals surface area contributed by atoms with Crippen LogP contribution in [0.25, 0.3) is 5.69 Å². The Morgan fingerprint density at radius 1 is 1.38 bits per heavy atom. The van der Waals surface area contributed by atoms with E-state index in [2.05, 4.69) is 15.6 Å². The quantitative estimate of drug-likeness (QED) is 0.849. The summed E-state index contributed by atoms with van der Waals surface area (Å²) >= 11 is 0. The van der Waals surface area contributed by atoms with E-state index >= 15 is 0 Å². The minimum atomic E-state index is -0.300. The molecule has 0 aliphatic rings. The first kappa shape index (κ1) is 10.8. The molecule has 16 heavy (non-hydrogen) atoms. The molecular formula is C11H13FN4. The van der Waals surface area contributed by atoms with Crippen LogP contribution in [0.4, 0.5) is 4.39 Å². The summed E-state index contributed by atoms with van der Waals surface area (Å²) in [7, 11) is 0. The van der Waals surface area contributed by atoms with Crippen LogP contribution in [0.5, 0.6) is 0 Å². The molecule has 0 aliphatic carbocycles. The Morgan fingerprint density at radius 2 is 2.19 bits per heavy atom. The van der Waals surface area contributed by atoms with Gasteiger partial charge in [0.15, 0.2) is 0 Å². The van der Waals surface area contributed by atoms with E-state index in [1.807, 2.05) is 6.92 Å². The zero-order chi connectivity index (χ0) is 11.4. The van der Waals surface area contributed by atoms with Gasteiger partial charge in [-0.15, -0.1) is 5.10 Å². The highest BCUT2D eigenvalue weighted by atomic mass is 19.1. The Kier molecular flexibility index (Phi) is 3.26. The lowest BCUT2D eigenvalue weighted by Crippen LogP contribution is -2.15. The lowest BCUT2D eigenvalue weighted by atomic mass is 10.3. The van der Waals surface area contributed by atoms with E-state index in [4.69, 9.17) is 0 Å². The number of halogens is 1. The van der Waals surface area contributed by atoms with Gasteiger partial charge in [-0.2, -0.15) is 0 Å². The molecule has 2 aromatic rings. The lowest BCUT2D eigenvalue weighted by molar-refractivity contribution is 0.596. The molecule has 0 unspecified atom stereocenters. The second kappa shape index (κ2) is 4.85. The van der Waals surface area contributed by atoms with Crippen LogP contribution in [0, 0.1) is 5.82 Å². The van der Waals surface area contributed by atoms with Gasteiger partial charge in [0.25, 0.3) is 0 Å². The van der Waals surface area contributed by atoms with Gasteiger partial charge in [0, 0.05) is 6.54 Å². The second-order valence-electron chi connectivity index (χ2n) is 3.37. The first-order valence-electron chi connectivity index (χ1n) is 5.18. The van der Waals surface area contributed by atoms with E-state index in [-0.39, 0.29) is 5.82 Å². The van der Waals surface area contributed by atoms with Crippen molar-refractivity contribution >= 4 is 0 Å². The molecule has 0 saturated carbocycles. The maximum absolute atomic E-state index is 13.5. The zero-order valence-electron chi connectivity index (χ0n) is 9.02. The van der Waals surface area contributed by atoms with Crippen molar-refractivity contribution in [2.24, 2.45) is 0 Å². The van der Waals surface area contributed by atoms with Crippen molar-refractivity contribution in [1.82, 2.24) is 20.3 Å². The second-order valence-corrected chi connectivity index (χ2v) is 3.37. The first-order chi connectivity index (χ1) is 7.83. The normalized spacial score (nSPS) is 10.6. The molecule has 1 aromatic carbocycles. The fourth-order valence-corrected chi connectivity index (χ4v) is 1.46. The molecule has 2 rings (SSSR count). The highest BCUT2D eigenvalue weighted by Gasteiger charge is 2.09. The summed E-state index contributed by atoms with van der Waals surface area (Å²) in [6.45, 7) is 3.48. The number of rotatable bonds is 4. The summed E-state index contributed by atoms with van der Waals surface area (Å²) in [5.74, 6) is -0.300. The fourth-order valence-electron chi connectivity index (χ4n) is 1.46. The monoisotopic (exact) mass is 220 g/mol. The largest absolute Gasteiger partial charge is 0.311 e. The molecule has 1 aromatic heterocycles. The summed E-state index contributed by atoms with van der Waals surface area (Å²) in [6, 6.07) is 6.52. The lowest BCUT2D eigenvalue weighted by Gasteiger charge is -2.06. The predicted octanol–water partition coefficient (Wildman–Crippen LogP) is 1.52. The van der Waals surface area contributed by atoms with E-state index < -0.39 is 0 Å². The van der Waals surface area contributed by atoms with E-state index in [0.717, 1.165) is 12.2 Å². The van der Waals surface area contributed by atoms with E-state index in [0.29, 0.717) is 12.2 Å². The third-order valence-electron chi connectivity index (χ3n) is 2.26. The first-order valence-corrected chi connectivity index (χ1v) is 5.18. The Hall–Kier alpha value is -1.75. The van der Waals surface area contributed by atoms with Gasteiger partial charge < -0.3 is 5.32 Å². The maximum atomic E-state index is 13.5. The van der Waals surface area contributed by atoms with Crippen LogP contribution in [0.15, 0.2) is 30.5 Å². The van der Waals surface area contributed by atoms with Crippen LogP contribution in [-0.4, -0.2) is 21.5 Å². The Bertz CT molecular complexity index is 467. The fraction of sp³-hybridized carbons (Fsp3) is 0.273. The van der Waals surface area contributed by atoms with Crippen molar-refractivity contribution in [2.75, 3.05) is 6.54 Å². The molecular weight excluding hydrogens is 207 g/mol. The molecule has 0 aliphatic heterocycles. The van der Waals surface area contributed by atoms with Crippen molar-refractivity contribution in [3.05, 3.63) is 42.0 Å². The van der Waals surface area contributed by atoms with Crippen molar-refractivity contribution in [3.63, 3.8) is 0 Å². The van der Waals surface area contributed by atoms with Crippen LogP contribution in [0.1, 0.15) is 12.6 Å². The third kappa shape index (κ3) is 2.09. The molecule has 0 spiro atoms. The topological polar surface area (TPSA) is 42.7 Å². The Labute approximate surface area is 93.1 Å². The number of nitrogens with zero attached hydrogens (tertiary/aromatic N) is 3. The van der Waals surface area contributed by atoms with Crippen molar-refractivity contribution in [3.8, 4) is 5.69 Å². The SMILES string of the molecule is CCNCc1cnnn1-c1ccccc1F. The molecule has 0 radical (unpaired) electrons. The predicted molar refractivity (Wildman–Crippen MR) is 58.7 cm³/mol. The van der Waals surface area contributed by atoms with Gasteiger partial charge in [-0.25, -0.2) is 9.07 Å². The zero-order valence-corrected chi connectivity index (χ0v) is 9.02. The highest BCUT2D eigenvalue weighted by molar-refractivity contribution is 5.33. The van der Waals surface area contributed by atoms with Crippen LogP contribution < -0.4 is 5.32 Å². The molecule has 4 nitrogen and oxygen atoms in total. The molecule has 1 heterocycles. The van der Waals surface area contributed by atoms with E-state index in [1.54, 1.807) is 24.4 Å². The molecule has 0 amide bonds. The van der Waals surface area contributed by atoms with Gasteiger partial charge in [-0.3, -0.25) is 0 Å². The molecule has 0 atom stereocenters. The minimum absolute atomic E-state index is 0.300. The standard InChI is InChI=1S/C11H13FN4/c1-2-13-7-9-8-14-15-16(9)11-6-4-3-5-10(11)12/h3-6,8,13H,2,7H2,1H3. The number of nitrogens with one attached hydrogen (secondary N) is 1. The van der Waals surface area contributed by atoms with E-state index in [1.165, 1.54) is 10.7 Å². The van der Waals surface area contributed by atoms with Crippen LogP contribution in [-0.2, 0) is 6.54 Å². The summed E-state index contributed by atoms with van der Waals surface area (Å²) in [5, 5.41) is 10.8.